The average molecular weight is 503 g/mol. The Kier molecular flexibility index (Phi) is 10.5. The Balaban J connectivity index is 1.88. The lowest BCUT2D eigenvalue weighted by Gasteiger charge is -2.18. The first-order valence-electron chi connectivity index (χ1n) is 10.6. The molecule has 0 saturated heterocycles. The van der Waals surface area contributed by atoms with Gasteiger partial charge in [-0.25, -0.2) is 24.5 Å². The second-order valence-corrected chi connectivity index (χ2v) is 9.71. The quantitative estimate of drug-likeness (QED) is 0.182. The molecular formula is C19H30N5O9P. The Hall–Kier alpha value is -2.96. The number of carbonyl (C=O) groups excluding carboxylic acids is 2. The number of nitrogens with two attached hydrogens (primary N) is 1. The van der Waals surface area contributed by atoms with Gasteiger partial charge in [-0.1, -0.05) is 0 Å². The highest BCUT2D eigenvalue weighted by Gasteiger charge is 2.26. The van der Waals surface area contributed by atoms with Gasteiger partial charge in [0.2, 0.25) is 13.6 Å². The van der Waals surface area contributed by atoms with Crippen LogP contribution < -0.4 is 5.73 Å². The minimum atomic E-state index is -3.80. The summed E-state index contributed by atoms with van der Waals surface area (Å²) in [6, 6.07) is 0. The van der Waals surface area contributed by atoms with E-state index < -0.39 is 45.7 Å². The van der Waals surface area contributed by atoms with Gasteiger partial charge in [0, 0.05) is 6.54 Å². The fourth-order valence-electron chi connectivity index (χ4n) is 2.58. The molecule has 2 N–H and O–H groups in total. The molecular weight excluding hydrogens is 473 g/mol. The minimum Gasteiger partial charge on any atom is -0.432 e. The van der Waals surface area contributed by atoms with Crippen LogP contribution in [0.25, 0.3) is 11.2 Å². The Labute approximate surface area is 196 Å². The first kappa shape index (κ1) is 27.3. The predicted octanol–water partition coefficient (Wildman–Crippen LogP) is 3.45. The number of anilines is 1. The summed E-state index contributed by atoms with van der Waals surface area (Å²) in [5.74, 6) is 0.280. The number of hydrogen-bond donors (Lipinski definition) is 1. The van der Waals surface area contributed by atoms with Crippen molar-refractivity contribution in [3.63, 3.8) is 0 Å². The molecule has 2 aromatic rings. The monoisotopic (exact) mass is 503 g/mol. The third kappa shape index (κ3) is 9.12. The number of hydrogen-bond acceptors (Lipinski definition) is 13. The topological polar surface area (TPSA) is 176 Å². The molecule has 0 fully saturated rings. The van der Waals surface area contributed by atoms with Gasteiger partial charge < -0.3 is 29.2 Å². The van der Waals surface area contributed by atoms with Gasteiger partial charge in [-0.05, 0) is 40.5 Å². The summed E-state index contributed by atoms with van der Waals surface area (Å²) in [5, 5.41) is 0. The molecule has 0 bridgehead atoms. The summed E-state index contributed by atoms with van der Waals surface area (Å²) >= 11 is 0. The molecule has 2 rings (SSSR count). The van der Waals surface area contributed by atoms with Crippen LogP contribution in [0.4, 0.5) is 15.4 Å². The Morgan fingerprint density at radius 1 is 0.971 bits per heavy atom. The standard InChI is InChI=1S/C19H30N5O9P/c1-13(2)32-18(25)28-11-30-34(27,31-12-29-19(26)33-14(3)4)8-6-5-7-24-10-23-15-16(20)21-9-22-17(15)24/h9-10,13-14H,5-8,11-12H2,1-4H3,(H2,20,21,22). The molecule has 0 unspecified atom stereocenters. The molecule has 0 aromatic carbocycles. The molecule has 2 heterocycles. The maximum atomic E-state index is 13.1. The maximum Gasteiger partial charge on any atom is 0.510 e. The van der Waals surface area contributed by atoms with Crippen LogP contribution in [0.5, 0.6) is 0 Å². The van der Waals surface area contributed by atoms with Gasteiger partial charge in [-0.15, -0.1) is 0 Å². The van der Waals surface area contributed by atoms with Crippen LogP contribution in [-0.4, -0.2) is 63.8 Å². The summed E-state index contributed by atoms with van der Waals surface area (Å²) in [6.07, 6.45) is 1.10. The number of imidazole rings is 1. The highest BCUT2D eigenvalue weighted by molar-refractivity contribution is 7.53. The van der Waals surface area contributed by atoms with Gasteiger partial charge in [-0.2, -0.15) is 0 Å². The molecule has 0 spiro atoms. The summed E-state index contributed by atoms with van der Waals surface area (Å²) in [4.78, 5) is 35.3. The van der Waals surface area contributed by atoms with Crippen LogP contribution in [0, 0.1) is 0 Å². The molecule has 190 valence electrons. The number of nitrogen functional groups attached to an aromatic ring is 1. The molecule has 0 aliphatic rings. The first-order chi connectivity index (χ1) is 16.1. The molecule has 0 atom stereocenters. The third-order valence-corrected chi connectivity index (χ3v) is 5.89. The smallest absolute Gasteiger partial charge is 0.432 e. The molecule has 0 radical (unpaired) electrons. The van der Waals surface area contributed by atoms with Crippen molar-refractivity contribution in [3.8, 4) is 0 Å². The molecule has 0 aliphatic heterocycles. The van der Waals surface area contributed by atoms with Gasteiger partial charge in [0.25, 0.3) is 0 Å². The molecule has 2 aromatic heterocycles. The second kappa shape index (κ2) is 13.1. The van der Waals surface area contributed by atoms with E-state index in [1.807, 2.05) is 0 Å². The number of aromatic nitrogens is 4. The Morgan fingerprint density at radius 2 is 1.56 bits per heavy atom. The van der Waals surface area contributed by atoms with E-state index in [-0.39, 0.29) is 12.0 Å². The second-order valence-electron chi connectivity index (χ2n) is 7.53. The van der Waals surface area contributed by atoms with Gasteiger partial charge in [0.15, 0.2) is 11.5 Å². The highest BCUT2D eigenvalue weighted by Crippen LogP contribution is 2.49. The summed E-state index contributed by atoms with van der Waals surface area (Å²) in [6.45, 7) is 5.76. The van der Waals surface area contributed by atoms with Crippen molar-refractivity contribution in [2.45, 2.75) is 59.3 Å². The summed E-state index contributed by atoms with van der Waals surface area (Å²) < 4.78 is 44.4. The number of ether oxygens (including phenoxy) is 4. The lowest BCUT2D eigenvalue weighted by molar-refractivity contribution is -0.0302. The van der Waals surface area contributed by atoms with Crippen molar-refractivity contribution in [2.24, 2.45) is 0 Å². The first-order valence-corrected chi connectivity index (χ1v) is 12.3. The van der Waals surface area contributed by atoms with Crippen LogP contribution in [0.1, 0.15) is 40.5 Å². The van der Waals surface area contributed by atoms with Gasteiger partial charge in [0.1, 0.15) is 11.8 Å². The number of unbranched alkanes of at least 4 members (excludes halogenated alkanes) is 1. The van der Waals surface area contributed by atoms with E-state index in [0.717, 1.165) is 0 Å². The Morgan fingerprint density at radius 3 is 2.12 bits per heavy atom. The van der Waals surface area contributed by atoms with Crippen molar-refractivity contribution in [3.05, 3.63) is 12.7 Å². The zero-order valence-corrected chi connectivity index (χ0v) is 20.4. The van der Waals surface area contributed by atoms with Crippen LogP contribution in [-0.2, 0) is 39.1 Å². The van der Waals surface area contributed by atoms with Crippen LogP contribution in [0.2, 0.25) is 0 Å². The number of aryl methyl sites for hydroxylation is 1. The number of rotatable bonds is 13. The Bertz CT molecular complexity index is 966. The third-order valence-electron chi connectivity index (χ3n) is 4.03. The van der Waals surface area contributed by atoms with E-state index >= 15 is 0 Å². The van der Waals surface area contributed by atoms with Gasteiger partial charge >= 0.3 is 19.9 Å². The van der Waals surface area contributed by atoms with Crippen molar-refractivity contribution >= 4 is 36.9 Å². The summed E-state index contributed by atoms with van der Waals surface area (Å²) in [7, 11) is -3.80. The van der Waals surface area contributed by atoms with E-state index in [4.69, 9.17) is 33.7 Å². The van der Waals surface area contributed by atoms with Gasteiger partial charge in [-0.3, -0.25) is 13.6 Å². The van der Waals surface area contributed by atoms with Crippen molar-refractivity contribution in [1.29, 1.82) is 0 Å². The van der Waals surface area contributed by atoms with Crippen molar-refractivity contribution in [1.82, 2.24) is 19.5 Å². The van der Waals surface area contributed by atoms with Crippen LogP contribution in [0.3, 0.4) is 0 Å². The fraction of sp³-hybridized carbons (Fsp3) is 0.632. The zero-order valence-electron chi connectivity index (χ0n) is 19.5. The molecule has 34 heavy (non-hydrogen) atoms. The fourth-order valence-corrected chi connectivity index (χ4v) is 3.95. The largest absolute Gasteiger partial charge is 0.510 e. The predicted molar refractivity (Wildman–Crippen MR) is 119 cm³/mol. The molecule has 14 nitrogen and oxygen atoms in total. The highest BCUT2D eigenvalue weighted by atomic mass is 31.2. The zero-order chi connectivity index (χ0) is 25.1. The van der Waals surface area contributed by atoms with Crippen molar-refractivity contribution < 1.29 is 42.1 Å². The number of fused-ring (bicyclic) bond motifs is 1. The van der Waals surface area contributed by atoms with Crippen LogP contribution in [0.15, 0.2) is 12.7 Å². The van der Waals surface area contributed by atoms with E-state index in [1.165, 1.54) is 6.33 Å². The normalized spacial score (nSPS) is 11.7. The molecule has 0 aliphatic carbocycles. The van der Waals surface area contributed by atoms with Crippen LogP contribution >= 0.6 is 7.60 Å². The SMILES string of the molecule is CC(C)OC(=O)OCOP(=O)(CCCCn1cnc2c(N)ncnc21)OCOC(=O)OC(C)C. The number of nitrogens with zero attached hydrogens (tertiary/aromatic N) is 4. The van der Waals surface area contributed by atoms with Gasteiger partial charge in [0.05, 0.1) is 24.7 Å². The van der Waals surface area contributed by atoms with E-state index in [2.05, 4.69) is 15.0 Å². The average Bonchev–Trinajstić information content (AvgIpc) is 3.14. The number of carbonyl (C=O) groups is 2. The lowest BCUT2D eigenvalue weighted by atomic mass is 10.3. The maximum absolute atomic E-state index is 13.1. The lowest BCUT2D eigenvalue weighted by Crippen LogP contribution is -2.17. The molecule has 15 heteroatoms. The summed E-state index contributed by atoms with van der Waals surface area (Å²) in [5.41, 5.74) is 6.86. The van der Waals surface area contributed by atoms with Crippen molar-refractivity contribution in [2.75, 3.05) is 25.5 Å². The van der Waals surface area contributed by atoms with E-state index in [1.54, 1.807) is 38.6 Å². The molecule has 0 saturated carbocycles. The minimum absolute atomic E-state index is 0.0398. The van der Waals surface area contributed by atoms with E-state index in [9.17, 15) is 14.2 Å². The molecule has 0 amide bonds. The van der Waals surface area contributed by atoms with E-state index in [0.29, 0.717) is 30.6 Å².